The lowest BCUT2D eigenvalue weighted by Gasteiger charge is -2.36. The van der Waals surface area contributed by atoms with Gasteiger partial charge in [0, 0.05) is 26.4 Å². The number of hydrogen-bond donors (Lipinski definition) is 4. The molecule has 0 aromatic heterocycles. The molecule has 2 aromatic carbocycles. The van der Waals surface area contributed by atoms with E-state index in [9.17, 15) is 18.4 Å². The van der Waals surface area contributed by atoms with Gasteiger partial charge in [-0.15, -0.1) is 0 Å². The van der Waals surface area contributed by atoms with Gasteiger partial charge in [-0.3, -0.25) is 9.59 Å². The Morgan fingerprint density at radius 3 is 1.31 bits per heavy atom. The molecule has 0 unspecified atom stereocenters. The topological polar surface area (TPSA) is 129 Å². The third-order valence-electron chi connectivity index (χ3n) is 12.2. The number of hydrogen-bond acceptors (Lipinski definition) is 6. The summed E-state index contributed by atoms with van der Waals surface area (Å²) in [5.74, 6) is 0.722. The van der Waals surface area contributed by atoms with Crippen LogP contribution in [0.1, 0.15) is 113 Å². The fraction of sp³-hybridized carbons (Fsp3) is 0.650. The van der Waals surface area contributed by atoms with Crippen molar-refractivity contribution in [3.8, 4) is 0 Å². The molecule has 2 heterocycles. The van der Waals surface area contributed by atoms with E-state index in [1.165, 1.54) is 12.1 Å². The number of carbonyl (C=O) groups is 2. The minimum Gasteiger partial charge on any atom is -0.381 e. The van der Waals surface area contributed by atoms with Crippen molar-refractivity contribution in [1.82, 2.24) is 10.6 Å². The first-order valence-electron chi connectivity index (χ1n) is 19.2. The minimum absolute atomic E-state index is 0.273. The van der Waals surface area contributed by atoms with Gasteiger partial charge in [0.2, 0.25) is 11.8 Å². The van der Waals surface area contributed by atoms with Crippen LogP contribution in [0, 0.1) is 23.5 Å². The zero-order chi connectivity index (χ0) is 37.1. The van der Waals surface area contributed by atoms with E-state index in [1.807, 2.05) is 12.1 Å². The van der Waals surface area contributed by atoms with Gasteiger partial charge in [-0.25, -0.2) is 8.78 Å². The number of primary amides is 2. The fourth-order valence-electron chi connectivity index (χ4n) is 8.69. The van der Waals surface area contributed by atoms with Crippen molar-refractivity contribution in [2.75, 3.05) is 39.5 Å². The highest BCUT2D eigenvalue weighted by Gasteiger charge is 2.39. The molecule has 288 valence electrons. The standard InChI is InChI=1S/2C20H28ClFN2O2/c2*21-18-16(2-1-3-17(18)22)15-6-4-14(5-7-15)8-11-24-20(19(23)25)9-12-26-13-10-20/h2*1-3,14-15,24H,4-13H2,(H2,23,25). The Kier molecular flexibility index (Phi) is 15.2. The molecule has 0 radical (unpaired) electrons. The van der Waals surface area contributed by atoms with Gasteiger partial charge >= 0.3 is 0 Å². The molecule has 2 aliphatic heterocycles. The molecule has 2 saturated heterocycles. The van der Waals surface area contributed by atoms with Crippen molar-refractivity contribution < 1.29 is 27.8 Å². The average molecular weight is 766 g/mol. The zero-order valence-electron chi connectivity index (χ0n) is 30.2. The molecule has 0 atom stereocenters. The van der Waals surface area contributed by atoms with Crippen molar-refractivity contribution in [2.45, 2.75) is 113 Å². The van der Waals surface area contributed by atoms with Crippen molar-refractivity contribution in [1.29, 1.82) is 0 Å². The smallest absolute Gasteiger partial charge is 0.237 e. The van der Waals surface area contributed by atoms with Gasteiger partial charge in [-0.05, 0) is 150 Å². The molecular weight excluding hydrogens is 709 g/mol. The lowest BCUT2D eigenvalue weighted by Crippen LogP contribution is -2.58. The molecule has 2 aromatic rings. The zero-order valence-corrected chi connectivity index (χ0v) is 31.7. The van der Waals surface area contributed by atoms with E-state index in [4.69, 9.17) is 44.1 Å². The lowest BCUT2D eigenvalue weighted by molar-refractivity contribution is -0.129. The number of ether oxygens (including phenoxy) is 2. The van der Waals surface area contributed by atoms with E-state index < -0.39 is 11.1 Å². The number of rotatable bonds is 12. The molecule has 2 aliphatic carbocycles. The van der Waals surface area contributed by atoms with Crippen LogP contribution in [0.2, 0.25) is 10.0 Å². The first-order chi connectivity index (χ1) is 25.0. The average Bonchev–Trinajstić information content (AvgIpc) is 3.15. The van der Waals surface area contributed by atoms with E-state index in [2.05, 4.69) is 10.6 Å². The predicted molar refractivity (Wildman–Crippen MR) is 201 cm³/mol. The summed E-state index contributed by atoms with van der Waals surface area (Å²) in [6.07, 6.45) is 13.2. The molecule has 8 nitrogen and oxygen atoms in total. The van der Waals surface area contributed by atoms with Crippen LogP contribution in [0.25, 0.3) is 0 Å². The van der Waals surface area contributed by atoms with Gasteiger partial charge in [-0.1, -0.05) is 47.5 Å². The number of amides is 2. The molecule has 0 bridgehead atoms. The Hall–Kier alpha value is -2.34. The second kappa shape index (κ2) is 19.3. The van der Waals surface area contributed by atoms with Gasteiger partial charge in [-0.2, -0.15) is 0 Å². The number of halogens is 4. The first-order valence-corrected chi connectivity index (χ1v) is 19.9. The predicted octanol–water partition coefficient (Wildman–Crippen LogP) is 7.53. The molecule has 12 heteroatoms. The third kappa shape index (κ3) is 10.4. The molecule has 2 amide bonds. The molecular formula is C40H56Cl2F2N4O4. The maximum atomic E-state index is 13.7. The van der Waals surface area contributed by atoms with E-state index in [0.717, 1.165) is 88.4 Å². The number of nitrogens with two attached hydrogens (primary N) is 2. The molecule has 52 heavy (non-hydrogen) atoms. The molecule has 4 aliphatic rings. The maximum Gasteiger partial charge on any atom is 0.237 e. The summed E-state index contributed by atoms with van der Waals surface area (Å²) in [5.41, 5.74) is 11.9. The van der Waals surface area contributed by atoms with E-state index in [0.29, 0.717) is 75.8 Å². The highest BCUT2D eigenvalue weighted by molar-refractivity contribution is 6.31. The van der Waals surface area contributed by atoms with Crippen LogP contribution in [0.4, 0.5) is 8.78 Å². The summed E-state index contributed by atoms with van der Waals surface area (Å²) in [6.45, 7) is 3.90. The van der Waals surface area contributed by atoms with Crippen molar-refractivity contribution in [2.24, 2.45) is 23.3 Å². The third-order valence-corrected chi connectivity index (χ3v) is 13.0. The summed E-state index contributed by atoms with van der Waals surface area (Å²) < 4.78 is 38.1. The minimum atomic E-state index is -0.607. The summed E-state index contributed by atoms with van der Waals surface area (Å²) in [4.78, 5) is 23.8. The van der Waals surface area contributed by atoms with Crippen molar-refractivity contribution in [3.05, 3.63) is 69.2 Å². The van der Waals surface area contributed by atoms with Crippen LogP contribution in [-0.4, -0.2) is 62.4 Å². The largest absolute Gasteiger partial charge is 0.381 e. The molecule has 2 saturated carbocycles. The van der Waals surface area contributed by atoms with Gasteiger partial charge in [0.05, 0.1) is 10.0 Å². The monoisotopic (exact) mass is 764 g/mol. The summed E-state index contributed by atoms with van der Waals surface area (Å²) in [5, 5.41) is 7.39. The maximum absolute atomic E-state index is 13.7. The van der Waals surface area contributed by atoms with E-state index in [1.54, 1.807) is 12.1 Å². The second-order valence-electron chi connectivity index (χ2n) is 15.3. The molecule has 6 rings (SSSR count). The number of carbonyl (C=O) groups excluding carboxylic acids is 2. The van der Waals surface area contributed by atoms with Crippen LogP contribution >= 0.6 is 23.2 Å². The van der Waals surface area contributed by atoms with Gasteiger partial charge in [0.15, 0.2) is 0 Å². The highest BCUT2D eigenvalue weighted by Crippen LogP contribution is 2.41. The molecule has 6 N–H and O–H groups in total. The number of benzene rings is 2. The Morgan fingerprint density at radius 1 is 0.635 bits per heavy atom. The summed E-state index contributed by atoms with van der Waals surface area (Å²) in [7, 11) is 0. The van der Waals surface area contributed by atoms with E-state index in [-0.39, 0.29) is 33.5 Å². The SMILES string of the molecule is NC(=O)C1(NCCC2CCC(c3cccc(F)c3Cl)CC2)CCOCC1.NC(=O)C1(NCCC2CCC(c3cccc(F)c3Cl)CC2)CCOCC1. The molecule has 4 fully saturated rings. The quantitative estimate of drug-likeness (QED) is 0.177. The first kappa shape index (κ1) is 40.8. The van der Waals surface area contributed by atoms with E-state index >= 15 is 0 Å². The van der Waals surface area contributed by atoms with Crippen molar-refractivity contribution >= 4 is 35.0 Å². The Labute approximate surface area is 317 Å². The fourth-order valence-corrected chi connectivity index (χ4v) is 9.25. The molecule has 0 spiro atoms. The Balaban J connectivity index is 0.000000201. The van der Waals surface area contributed by atoms with Crippen LogP contribution in [0.5, 0.6) is 0 Å². The van der Waals surface area contributed by atoms with Crippen LogP contribution in [0.15, 0.2) is 36.4 Å². The van der Waals surface area contributed by atoms with Gasteiger partial charge < -0.3 is 31.6 Å². The van der Waals surface area contributed by atoms with Gasteiger partial charge in [0.1, 0.15) is 22.7 Å². The van der Waals surface area contributed by atoms with Crippen LogP contribution in [-0.2, 0) is 19.1 Å². The summed E-state index contributed by atoms with van der Waals surface area (Å²) >= 11 is 12.3. The highest BCUT2D eigenvalue weighted by atomic mass is 35.5. The van der Waals surface area contributed by atoms with Crippen molar-refractivity contribution in [3.63, 3.8) is 0 Å². The lowest BCUT2D eigenvalue weighted by atomic mass is 9.77. The van der Waals surface area contributed by atoms with Crippen LogP contribution in [0.3, 0.4) is 0 Å². The number of nitrogens with one attached hydrogen (secondary N) is 2. The van der Waals surface area contributed by atoms with Crippen LogP contribution < -0.4 is 22.1 Å². The second-order valence-corrected chi connectivity index (χ2v) is 16.0. The Morgan fingerprint density at radius 2 is 0.981 bits per heavy atom. The van der Waals surface area contributed by atoms with Gasteiger partial charge in [0.25, 0.3) is 0 Å². The summed E-state index contributed by atoms with van der Waals surface area (Å²) in [6, 6.07) is 10.2. The Bertz CT molecular complexity index is 1360. The normalized spacial score (nSPS) is 25.8.